The highest BCUT2D eigenvalue weighted by molar-refractivity contribution is 5.80. The van der Waals surface area contributed by atoms with E-state index in [9.17, 15) is 13.6 Å². The molecule has 0 aromatic heterocycles. The van der Waals surface area contributed by atoms with Gasteiger partial charge in [0.1, 0.15) is 0 Å². The quantitative estimate of drug-likeness (QED) is 0.777. The van der Waals surface area contributed by atoms with Gasteiger partial charge in [0, 0.05) is 38.4 Å². The number of rotatable bonds is 2. The van der Waals surface area contributed by atoms with Crippen LogP contribution in [0.4, 0.5) is 8.78 Å². The van der Waals surface area contributed by atoms with Crippen molar-refractivity contribution in [3.63, 3.8) is 0 Å². The predicted molar refractivity (Wildman–Crippen MR) is 56.3 cm³/mol. The fourth-order valence-electron chi connectivity index (χ4n) is 2.47. The second kappa shape index (κ2) is 4.28. The van der Waals surface area contributed by atoms with E-state index >= 15 is 0 Å². The highest BCUT2D eigenvalue weighted by atomic mass is 19.3. The number of carbonyl (C=O) groups is 1. The lowest BCUT2D eigenvalue weighted by Crippen LogP contribution is -2.52. The van der Waals surface area contributed by atoms with Gasteiger partial charge < -0.3 is 10.2 Å². The van der Waals surface area contributed by atoms with E-state index < -0.39 is 11.8 Å². The average molecular weight is 232 g/mol. The molecule has 0 bridgehead atoms. The van der Waals surface area contributed by atoms with Crippen LogP contribution in [0.3, 0.4) is 0 Å². The molecule has 2 rings (SSSR count). The lowest BCUT2D eigenvalue weighted by Gasteiger charge is -2.39. The van der Waals surface area contributed by atoms with Crippen LogP contribution in [0.5, 0.6) is 0 Å². The van der Waals surface area contributed by atoms with Crippen molar-refractivity contribution in [3.05, 3.63) is 0 Å². The zero-order chi connectivity index (χ0) is 11.8. The molecule has 2 aliphatic rings. The Morgan fingerprint density at radius 1 is 1.44 bits per heavy atom. The number of halogens is 2. The molecular weight excluding hydrogens is 214 g/mol. The van der Waals surface area contributed by atoms with Crippen molar-refractivity contribution in [1.29, 1.82) is 0 Å². The molecule has 5 heteroatoms. The normalized spacial score (nSPS) is 29.6. The summed E-state index contributed by atoms with van der Waals surface area (Å²) in [5.74, 6) is -3.17. The van der Waals surface area contributed by atoms with Crippen molar-refractivity contribution in [3.8, 4) is 0 Å². The Hall–Kier alpha value is -0.710. The van der Waals surface area contributed by atoms with Crippen molar-refractivity contribution >= 4 is 5.91 Å². The summed E-state index contributed by atoms with van der Waals surface area (Å²) in [7, 11) is 1.73. The van der Waals surface area contributed by atoms with E-state index in [0.717, 1.165) is 25.9 Å². The Kier molecular flexibility index (Phi) is 3.15. The number of likely N-dealkylation sites (N-methyl/N-ethyl adjacent to an activating group) is 1. The monoisotopic (exact) mass is 232 g/mol. The van der Waals surface area contributed by atoms with Crippen LogP contribution in [-0.4, -0.2) is 42.9 Å². The van der Waals surface area contributed by atoms with Gasteiger partial charge in [0.15, 0.2) is 0 Å². The lowest BCUT2D eigenvalue weighted by atomic mass is 9.80. The Labute approximate surface area is 94.2 Å². The summed E-state index contributed by atoms with van der Waals surface area (Å²) in [6.07, 6.45) is 1.48. The number of nitrogens with one attached hydrogen (secondary N) is 1. The van der Waals surface area contributed by atoms with E-state index in [1.807, 2.05) is 0 Å². The molecule has 1 saturated carbocycles. The minimum absolute atomic E-state index is 0.111. The largest absolute Gasteiger partial charge is 0.341 e. The fourth-order valence-corrected chi connectivity index (χ4v) is 2.47. The number of piperidine rings is 1. The van der Waals surface area contributed by atoms with Gasteiger partial charge in [-0.25, -0.2) is 8.78 Å². The number of nitrogens with zero attached hydrogens (tertiary/aromatic N) is 1. The van der Waals surface area contributed by atoms with E-state index in [-0.39, 0.29) is 24.8 Å². The summed E-state index contributed by atoms with van der Waals surface area (Å²) in [5, 5.41) is 3.22. The van der Waals surface area contributed by atoms with Crippen molar-refractivity contribution in [1.82, 2.24) is 10.2 Å². The lowest BCUT2D eigenvalue weighted by molar-refractivity contribution is -0.160. The molecule has 2 fully saturated rings. The Morgan fingerprint density at radius 3 is 2.62 bits per heavy atom. The molecule has 1 saturated heterocycles. The maximum Gasteiger partial charge on any atom is 0.249 e. The van der Waals surface area contributed by atoms with Crippen molar-refractivity contribution < 1.29 is 13.6 Å². The number of hydrogen-bond acceptors (Lipinski definition) is 2. The number of amides is 1. The molecule has 1 atom stereocenters. The molecule has 1 N–H and O–H groups in total. The Bertz CT molecular complexity index is 269. The maximum absolute atomic E-state index is 12.7. The van der Waals surface area contributed by atoms with E-state index in [2.05, 4.69) is 5.32 Å². The zero-order valence-corrected chi connectivity index (χ0v) is 9.51. The third-order valence-corrected chi connectivity index (χ3v) is 3.61. The first-order chi connectivity index (χ1) is 7.49. The van der Waals surface area contributed by atoms with Gasteiger partial charge in [-0.15, -0.1) is 0 Å². The SMILES string of the molecule is CN(C(=O)C1CC(F)(F)C1)C1CCCNC1. The minimum Gasteiger partial charge on any atom is -0.341 e. The number of carbonyl (C=O) groups excluding carboxylic acids is 1. The van der Waals surface area contributed by atoms with Gasteiger partial charge in [0.2, 0.25) is 11.8 Å². The topological polar surface area (TPSA) is 32.3 Å². The van der Waals surface area contributed by atoms with Crippen LogP contribution in [0.2, 0.25) is 0 Å². The van der Waals surface area contributed by atoms with Gasteiger partial charge in [-0.05, 0) is 19.4 Å². The van der Waals surface area contributed by atoms with Crippen molar-refractivity contribution in [2.75, 3.05) is 20.1 Å². The average Bonchev–Trinajstić information content (AvgIpc) is 2.25. The molecule has 3 nitrogen and oxygen atoms in total. The summed E-state index contributed by atoms with van der Waals surface area (Å²) in [6.45, 7) is 1.77. The van der Waals surface area contributed by atoms with E-state index in [1.54, 1.807) is 11.9 Å². The maximum atomic E-state index is 12.7. The predicted octanol–water partition coefficient (Wildman–Crippen LogP) is 1.24. The second-order valence-electron chi connectivity index (χ2n) is 4.91. The number of hydrogen-bond donors (Lipinski definition) is 1. The van der Waals surface area contributed by atoms with Gasteiger partial charge >= 0.3 is 0 Å². The third kappa shape index (κ3) is 2.34. The first-order valence-electron chi connectivity index (χ1n) is 5.85. The summed E-state index contributed by atoms with van der Waals surface area (Å²) in [5.41, 5.74) is 0. The van der Waals surface area contributed by atoms with E-state index in [1.165, 1.54) is 0 Å². The van der Waals surface area contributed by atoms with Crippen molar-refractivity contribution in [2.45, 2.75) is 37.6 Å². The third-order valence-electron chi connectivity index (χ3n) is 3.61. The molecule has 16 heavy (non-hydrogen) atoms. The highest BCUT2D eigenvalue weighted by Gasteiger charge is 2.49. The molecule has 1 heterocycles. The molecule has 1 aliphatic heterocycles. The molecule has 1 amide bonds. The van der Waals surface area contributed by atoms with E-state index in [4.69, 9.17) is 0 Å². The van der Waals surface area contributed by atoms with Crippen LogP contribution < -0.4 is 5.32 Å². The summed E-state index contributed by atoms with van der Waals surface area (Å²) in [6, 6.07) is 0.176. The van der Waals surface area contributed by atoms with Gasteiger partial charge in [0.25, 0.3) is 0 Å². The molecule has 1 aliphatic carbocycles. The van der Waals surface area contributed by atoms with Gasteiger partial charge in [-0.1, -0.05) is 0 Å². The van der Waals surface area contributed by atoms with Gasteiger partial charge in [-0.3, -0.25) is 4.79 Å². The van der Waals surface area contributed by atoms with Crippen molar-refractivity contribution in [2.24, 2.45) is 5.92 Å². The molecule has 0 aromatic carbocycles. The first kappa shape index (κ1) is 11.8. The van der Waals surface area contributed by atoms with Gasteiger partial charge in [-0.2, -0.15) is 0 Å². The Balaban J connectivity index is 1.85. The van der Waals surface area contributed by atoms with E-state index in [0.29, 0.717) is 0 Å². The molecule has 92 valence electrons. The second-order valence-corrected chi connectivity index (χ2v) is 4.91. The highest BCUT2D eigenvalue weighted by Crippen LogP contribution is 2.43. The molecule has 0 spiro atoms. The van der Waals surface area contributed by atoms with Crippen LogP contribution >= 0.6 is 0 Å². The first-order valence-corrected chi connectivity index (χ1v) is 5.85. The molecular formula is C11H18F2N2O. The molecule has 0 radical (unpaired) electrons. The van der Waals surface area contributed by atoms with Crippen LogP contribution in [0, 0.1) is 5.92 Å². The zero-order valence-electron chi connectivity index (χ0n) is 9.51. The smallest absolute Gasteiger partial charge is 0.249 e. The summed E-state index contributed by atoms with van der Waals surface area (Å²) >= 11 is 0. The molecule has 0 aromatic rings. The summed E-state index contributed by atoms with van der Waals surface area (Å²) in [4.78, 5) is 13.5. The standard InChI is InChI=1S/C11H18F2N2O/c1-15(9-3-2-4-14-7-9)10(16)8-5-11(12,13)6-8/h8-9,14H,2-7H2,1H3. The van der Waals surface area contributed by atoms with Crippen LogP contribution in [0.15, 0.2) is 0 Å². The molecule has 1 unspecified atom stereocenters. The number of alkyl halides is 2. The fraction of sp³-hybridized carbons (Fsp3) is 0.909. The minimum atomic E-state index is -2.61. The van der Waals surface area contributed by atoms with Crippen LogP contribution in [-0.2, 0) is 4.79 Å². The van der Waals surface area contributed by atoms with Crippen LogP contribution in [0.1, 0.15) is 25.7 Å². The van der Waals surface area contributed by atoms with Crippen LogP contribution in [0.25, 0.3) is 0 Å². The summed E-state index contributed by atoms with van der Waals surface area (Å²) < 4.78 is 25.3. The van der Waals surface area contributed by atoms with Gasteiger partial charge in [0.05, 0.1) is 0 Å². The Morgan fingerprint density at radius 2 is 2.12 bits per heavy atom.